The first kappa shape index (κ1) is 20.9. The van der Waals surface area contributed by atoms with E-state index in [2.05, 4.69) is 15.6 Å². The van der Waals surface area contributed by atoms with Crippen LogP contribution in [-0.4, -0.2) is 28.7 Å². The molecule has 0 radical (unpaired) electrons. The van der Waals surface area contributed by atoms with Crippen molar-refractivity contribution >= 4 is 45.7 Å². The summed E-state index contributed by atoms with van der Waals surface area (Å²) in [6.07, 6.45) is 2.32. The summed E-state index contributed by atoms with van der Waals surface area (Å²) in [5.41, 5.74) is 0.659. The van der Waals surface area contributed by atoms with Gasteiger partial charge < -0.3 is 15.4 Å². The maximum Gasteiger partial charge on any atom is 0.262 e. The Bertz CT molecular complexity index is 933. The number of anilines is 2. The van der Waals surface area contributed by atoms with Crippen molar-refractivity contribution in [2.45, 2.75) is 23.5 Å². The zero-order chi connectivity index (χ0) is 20.5. The third kappa shape index (κ3) is 6.62. The van der Waals surface area contributed by atoms with Crippen molar-refractivity contribution in [3.05, 3.63) is 66.2 Å². The lowest BCUT2D eigenvalue weighted by Crippen LogP contribution is -2.24. The minimum atomic E-state index is -0.258. The first-order chi connectivity index (χ1) is 14.1. The molecule has 3 rings (SSSR count). The highest BCUT2D eigenvalue weighted by molar-refractivity contribution is 8.00. The predicted octanol–water partition coefficient (Wildman–Crippen LogP) is 4.67. The number of nitrogens with zero attached hydrogens (tertiary/aromatic N) is 1. The van der Waals surface area contributed by atoms with Gasteiger partial charge in [-0.2, -0.15) is 0 Å². The van der Waals surface area contributed by atoms with Crippen LogP contribution in [0.25, 0.3) is 0 Å². The molecule has 0 saturated carbocycles. The van der Waals surface area contributed by atoms with Crippen LogP contribution in [0.2, 0.25) is 0 Å². The standard InChI is InChI=1S/C21H21N3O3S2/c1-2-18(20(26)24-21-22-11-12-28-21)29-17-10-6-7-15(13-17)23-19(25)14-27-16-8-4-3-5-9-16/h3-13,18H,2,14H2,1H3,(H,23,25)(H,22,24,26). The van der Waals surface area contributed by atoms with Gasteiger partial charge in [0.2, 0.25) is 5.91 Å². The Kier molecular flexibility index (Phi) is 7.66. The number of aromatic nitrogens is 1. The van der Waals surface area contributed by atoms with E-state index in [1.807, 2.05) is 48.7 Å². The molecule has 0 bridgehead atoms. The van der Waals surface area contributed by atoms with Crippen LogP contribution in [0.4, 0.5) is 10.8 Å². The van der Waals surface area contributed by atoms with Gasteiger partial charge in [-0.3, -0.25) is 9.59 Å². The van der Waals surface area contributed by atoms with Crippen molar-refractivity contribution in [2.24, 2.45) is 0 Å². The van der Waals surface area contributed by atoms with Crippen LogP contribution in [0.15, 0.2) is 71.1 Å². The van der Waals surface area contributed by atoms with Gasteiger partial charge in [0.05, 0.1) is 5.25 Å². The number of carbonyl (C=O) groups excluding carboxylic acids is 2. The Labute approximate surface area is 177 Å². The van der Waals surface area contributed by atoms with Crippen LogP contribution in [0, 0.1) is 0 Å². The summed E-state index contributed by atoms with van der Waals surface area (Å²) in [5.74, 6) is 0.312. The molecule has 0 fully saturated rings. The van der Waals surface area contributed by atoms with E-state index < -0.39 is 0 Å². The third-order valence-corrected chi connectivity index (χ3v) is 5.88. The molecular weight excluding hydrogens is 406 g/mol. The molecule has 1 unspecified atom stereocenters. The Balaban J connectivity index is 1.55. The lowest BCUT2D eigenvalue weighted by atomic mass is 10.3. The van der Waals surface area contributed by atoms with Gasteiger partial charge in [0.25, 0.3) is 5.91 Å². The fraction of sp³-hybridized carbons (Fsp3) is 0.190. The van der Waals surface area contributed by atoms with E-state index in [0.717, 1.165) is 4.90 Å². The molecule has 2 aromatic carbocycles. The fourth-order valence-electron chi connectivity index (χ4n) is 2.47. The first-order valence-corrected chi connectivity index (χ1v) is 10.8. The molecule has 1 heterocycles. The van der Waals surface area contributed by atoms with E-state index in [4.69, 9.17) is 4.74 Å². The number of carbonyl (C=O) groups is 2. The van der Waals surface area contributed by atoms with Crippen LogP contribution in [0.1, 0.15) is 13.3 Å². The van der Waals surface area contributed by atoms with Gasteiger partial charge in [-0.1, -0.05) is 31.2 Å². The summed E-state index contributed by atoms with van der Waals surface area (Å²) >= 11 is 2.84. The molecule has 2 amide bonds. The number of thioether (sulfide) groups is 1. The molecule has 0 spiro atoms. The lowest BCUT2D eigenvalue weighted by molar-refractivity contribution is -0.118. The molecule has 1 atom stereocenters. The van der Waals surface area contributed by atoms with Gasteiger partial charge >= 0.3 is 0 Å². The highest BCUT2D eigenvalue weighted by Gasteiger charge is 2.19. The number of ether oxygens (including phenoxy) is 1. The Morgan fingerprint density at radius 1 is 1.14 bits per heavy atom. The minimum Gasteiger partial charge on any atom is -0.484 e. The summed E-state index contributed by atoms with van der Waals surface area (Å²) in [7, 11) is 0. The highest BCUT2D eigenvalue weighted by Crippen LogP contribution is 2.28. The van der Waals surface area contributed by atoms with E-state index in [1.54, 1.807) is 24.4 Å². The maximum absolute atomic E-state index is 12.5. The average molecular weight is 428 g/mol. The largest absolute Gasteiger partial charge is 0.484 e. The average Bonchev–Trinajstić information content (AvgIpc) is 3.24. The topological polar surface area (TPSA) is 80.3 Å². The first-order valence-electron chi connectivity index (χ1n) is 9.09. The molecule has 8 heteroatoms. The number of benzene rings is 2. The van der Waals surface area contributed by atoms with Gasteiger partial charge in [0, 0.05) is 22.2 Å². The second-order valence-electron chi connectivity index (χ2n) is 6.02. The fourth-order valence-corrected chi connectivity index (χ4v) is 4.01. The highest BCUT2D eigenvalue weighted by atomic mass is 32.2. The molecular formula is C21H21N3O3S2. The Morgan fingerprint density at radius 2 is 1.97 bits per heavy atom. The van der Waals surface area contributed by atoms with E-state index >= 15 is 0 Å². The van der Waals surface area contributed by atoms with E-state index in [1.165, 1.54) is 23.1 Å². The molecule has 1 aromatic heterocycles. The molecule has 0 saturated heterocycles. The van der Waals surface area contributed by atoms with Gasteiger partial charge in [-0.15, -0.1) is 23.1 Å². The van der Waals surface area contributed by atoms with Crippen LogP contribution in [0.5, 0.6) is 5.75 Å². The van der Waals surface area contributed by atoms with Crippen LogP contribution in [0.3, 0.4) is 0 Å². The van der Waals surface area contributed by atoms with Crippen LogP contribution >= 0.6 is 23.1 Å². The van der Waals surface area contributed by atoms with Gasteiger partial charge in [0.15, 0.2) is 11.7 Å². The molecule has 0 aliphatic carbocycles. The molecule has 0 aliphatic heterocycles. The van der Waals surface area contributed by atoms with Crippen LogP contribution in [-0.2, 0) is 9.59 Å². The van der Waals surface area contributed by atoms with Crippen molar-refractivity contribution in [3.63, 3.8) is 0 Å². The number of nitrogens with one attached hydrogen (secondary N) is 2. The molecule has 2 N–H and O–H groups in total. The van der Waals surface area contributed by atoms with Crippen molar-refractivity contribution in [1.29, 1.82) is 0 Å². The number of rotatable bonds is 9. The van der Waals surface area contributed by atoms with E-state index in [0.29, 0.717) is 23.0 Å². The monoisotopic (exact) mass is 427 g/mol. The zero-order valence-corrected chi connectivity index (χ0v) is 17.5. The van der Waals surface area contributed by atoms with E-state index in [-0.39, 0.29) is 23.7 Å². The smallest absolute Gasteiger partial charge is 0.262 e. The van der Waals surface area contributed by atoms with Crippen molar-refractivity contribution < 1.29 is 14.3 Å². The minimum absolute atomic E-state index is 0.0742. The quantitative estimate of drug-likeness (QED) is 0.485. The maximum atomic E-state index is 12.5. The summed E-state index contributed by atoms with van der Waals surface area (Å²) in [6.45, 7) is 1.89. The molecule has 0 aliphatic rings. The second kappa shape index (κ2) is 10.6. The number of para-hydroxylation sites is 1. The summed E-state index contributed by atoms with van der Waals surface area (Å²) in [5, 5.41) is 7.81. The molecule has 29 heavy (non-hydrogen) atoms. The molecule has 3 aromatic rings. The van der Waals surface area contributed by atoms with Crippen molar-refractivity contribution in [3.8, 4) is 5.75 Å². The van der Waals surface area contributed by atoms with E-state index in [9.17, 15) is 9.59 Å². The number of amides is 2. The van der Waals surface area contributed by atoms with Crippen molar-refractivity contribution in [1.82, 2.24) is 4.98 Å². The predicted molar refractivity (Wildman–Crippen MR) is 118 cm³/mol. The lowest BCUT2D eigenvalue weighted by Gasteiger charge is -2.14. The Morgan fingerprint density at radius 3 is 2.69 bits per heavy atom. The van der Waals surface area contributed by atoms with Crippen molar-refractivity contribution in [2.75, 3.05) is 17.2 Å². The SMILES string of the molecule is CCC(Sc1cccc(NC(=O)COc2ccccc2)c1)C(=O)Nc1nccs1. The summed E-state index contributed by atoms with van der Waals surface area (Å²) in [4.78, 5) is 29.6. The third-order valence-electron chi connectivity index (χ3n) is 3.83. The Hall–Kier alpha value is -2.84. The molecule has 6 nitrogen and oxygen atoms in total. The number of hydrogen-bond acceptors (Lipinski definition) is 6. The van der Waals surface area contributed by atoms with Gasteiger partial charge in [-0.25, -0.2) is 4.98 Å². The molecule has 150 valence electrons. The summed E-state index contributed by atoms with van der Waals surface area (Å²) < 4.78 is 5.46. The van der Waals surface area contributed by atoms with Gasteiger partial charge in [-0.05, 0) is 36.8 Å². The second-order valence-corrected chi connectivity index (χ2v) is 8.19. The van der Waals surface area contributed by atoms with Gasteiger partial charge in [0.1, 0.15) is 5.75 Å². The number of hydrogen-bond donors (Lipinski definition) is 2. The summed E-state index contributed by atoms with van der Waals surface area (Å²) in [6, 6.07) is 16.6. The van der Waals surface area contributed by atoms with Crippen LogP contribution < -0.4 is 15.4 Å². The normalized spacial score (nSPS) is 11.5. The zero-order valence-electron chi connectivity index (χ0n) is 15.8. The number of thiazole rings is 1.